The highest BCUT2D eigenvalue weighted by Crippen LogP contribution is 2.36. The highest BCUT2D eigenvalue weighted by atomic mass is 16.7. The first-order valence-corrected chi connectivity index (χ1v) is 8.43. The van der Waals surface area contributed by atoms with Gasteiger partial charge in [-0.15, -0.1) is 0 Å². The Hall–Kier alpha value is -2.05. The number of fused-ring (bicyclic) bond motifs is 1. The van der Waals surface area contributed by atoms with E-state index < -0.39 is 0 Å². The van der Waals surface area contributed by atoms with Crippen LogP contribution in [0.1, 0.15) is 25.8 Å². The first-order chi connectivity index (χ1) is 11.5. The zero-order valence-corrected chi connectivity index (χ0v) is 14.2. The molecular formula is C18H24N4O2. The van der Waals surface area contributed by atoms with Gasteiger partial charge in [-0.05, 0) is 30.0 Å². The van der Waals surface area contributed by atoms with Crippen LogP contribution in [0.3, 0.4) is 0 Å². The van der Waals surface area contributed by atoms with Gasteiger partial charge in [-0.1, -0.05) is 13.8 Å². The number of aromatic amines is 1. The summed E-state index contributed by atoms with van der Waals surface area (Å²) in [7, 11) is 0. The minimum atomic E-state index is 0.140. The van der Waals surface area contributed by atoms with Crippen LogP contribution in [0.4, 0.5) is 0 Å². The summed E-state index contributed by atoms with van der Waals surface area (Å²) >= 11 is 0. The van der Waals surface area contributed by atoms with Crippen LogP contribution < -0.4 is 15.2 Å². The van der Waals surface area contributed by atoms with Crippen LogP contribution in [-0.2, 0) is 6.54 Å². The van der Waals surface area contributed by atoms with Gasteiger partial charge in [0, 0.05) is 36.8 Å². The number of ether oxygens (including phenoxy) is 2. The topological polar surface area (TPSA) is 76.4 Å². The van der Waals surface area contributed by atoms with E-state index >= 15 is 0 Å². The molecule has 2 aliphatic rings. The fourth-order valence-corrected chi connectivity index (χ4v) is 3.59. The van der Waals surface area contributed by atoms with E-state index in [4.69, 9.17) is 15.2 Å². The second kappa shape index (κ2) is 5.79. The van der Waals surface area contributed by atoms with Crippen molar-refractivity contribution in [2.45, 2.75) is 32.9 Å². The van der Waals surface area contributed by atoms with Gasteiger partial charge in [0.05, 0.1) is 11.9 Å². The number of benzene rings is 1. The van der Waals surface area contributed by atoms with Crippen LogP contribution in [0.15, 0.2) is 24.4 Å². The number of nitrogens with zero attached hydrogens (tertiary/aromatic N) is 2. The van der Waals surface area contributed by atoms with Crippen molar-refractivity contribution in [2.75, 3.05) is 19.9 Å². The predicted molar refractivity (Wildman–Crippen MR) is 91.8 cm³/mol. The van der Waals surface area contributed by atoms with E-state index in [1.165, 1.54) is 5.56 Å². The molecule has 0 saturated carbocycles. The van der Waals surface area contributed by atoms with Crippen molar-refractivity contribution in [2.24, 2.45) is 11.1 Å². The van der Waals surface area contributed by atoms with E-state index in [2.05, 4.69) is 28.9 Å². The van der Waals surface area contributed by atoms with Crippen LogP contribution in [0, 0.1) is 5.41 Å². The molecule has 0 aliphatic carbocycles. The number of hydrogen-bond acceptors (Lipinski definition) is 5. The lowest BCUT2D eigenvalue weighted by Gasteiger charge is -2.42. The largest absolute Gasteiger partial charge is 0.454 e. The average Bonchev–Trinajstić information content (AvgIpc) is 3.18. The Bertz CT molecular complexity index is 740. The summed E-state index contributed by atoms with van der Waals surface area (Å²) in [6.45, 7) is 7.68. The van der Waals surface area contributed by atoms with Gasteiger partial charge < -0.3 is 15.2 Å². The van der Waals surface area contributed by atoms with Crippen molar-refractivity contribution in [1.82, 2.24) is 15.1 Å². The van der Waals surface area contributed by atoms with Crippen molar-refractivity contribution in [1.29, 1.82) is 0 Å². The SMILES string of the molecule is CC1(C)CN(Cc2cn[nH]c2-c2ccc3c(c2)OCO3)CCC1N. The minimum absolute atomic E-state index is 0.140. The molecule has 0 amide bonds. The number of aromatic nitrogens is 2. The summed E-state index contributed by atoms with van der Waals surface area (Å²) in [5.74, 6) is 1.59. The molecule has 1 unspecified atom stereocenters. The summed E-state index contributed by atoms with van der Waals surface area (Å²) < 4.78 is 10.9. The van der Waals surface area contributed by atoms with E-state index in [9.17, 15) is 0 Å². The van der Waals surface area contributed by atoms with Crippen molar-refractivity contribution < 1.29 is 9.47 Å². The lowest BCUT2D eigenvalue weighted by Crippen LogP contribution is -2.52. The molecule has 6 nitrogen and oxygen atoms in total. The third kappa shape index (κ3) is 2.76. The van der Waals surface area contributed by atoms with Crippen LogP contribution in [0.2, 0.25) is 0 Å². The molecule has 3 heterocycles. The highest BCUT2D eigenvalue weighted by molar-refractivity contribution is 5.66. The lowest BCUT2D eigenvalue weighted by molar-refractivity contribution is 0.0900. The maximum Gasteiger partial charge on any atom is 0.231 e. The zero-order valence-electron chi connectivity index (χ0n) is 14.2. The molecule has 2 aromatic rings. The Morgan fingerprint density at radius 3 is 3.00 bits per heavy atom. The Balaban J connectivity index is 1.55. The number of nitrogens with one attached hydrogen (secondary N) is 1. The maximum absolute atomic E-state index is 6.25. The lowest BCUT2D eigenvalue weighted by atomic mass is 9.79. The maximum atomic E-state index is 6.25. The molecular weight excluding hydrogens is 304 g/mol. The predicted octanol–water partition coefficient (Wildman–Crippen LogP) is 2.36. The first-order valence-electron chi connectivity index (χ1n) is 8.43. The summed E-state index contributed by atoms with van der Waals surface area (Å²) in [5, 5.41) is 7.40. The van der Waals surface area contributed by atoms with Gasteiger partial charge in [-0.2, -0.15) is 5.10 Å². The standard InChI is InChI=1S/C18H24N4O2/c1-18(2)10-22(6-5-16(18)19)9-13-8-20-21-17(13)12-3-4-14-15(7-12)24-11-23-14/h3-4,7-8,16H,5-6,9-11,19H2,1-2H3,(H,20,21). The number of H-pyrrole nitrogens is 1. The fraction of sp³-hybridized carbons (Fsp3) is 0.500. The van der Waals surface area contributed by atoms with Crippen LogP contribution in [0.25, 0.3) is 11.3 Å². The summed E-state index contributed by atoms with van der Waals surface area (Å²) in [5.41, 5.74) is 9.70. The Morgan fingerprint density at radius 2 is 2.17 bits per heavy atom. The Kier molecular flexibility index (Phi) is 3.73. The molecule has 1 aromatic heterocycles. The number of piperidine rings is 1. The van der Waals surface area contributed by atoms with Gasteiger partial charge in [0.1, 0.15) is 0 Å². The fourth-order valence-electron chi connectivity index (χ4n) is 3.59. The highest BCUT2D eigenvalue weighted by Gasteiger charge is 2.33. The molecule has 1 fully saturated rings. The quantitative estimate of drug-likeness (QED) is 0.904. The third-order valence-corrected chi connectivity index (χ3v) is 5.16. The van der Waals surface area contributed by atoms with Gasteiger partial charge in [-0.3, -0.25) is 10.00 Å². The molecule has 6 heteroatoms. The molecule has 0 bridgehead atoms. The number of hydrogen-bond donors (Lipinski definition) is 2. The van der Waals surface area contributed by atoms with Crippen molar-refractivity contribution >= 4 is 0 Å². The molecule has 4 rings (SSSR count). The first kappa shape index (κ1) is 15.5. The van der Waals surface area contributed by atoms with Crippen molar-refractivity contribution in [3.63, 3.8) is 0 Å². The van der Waals surface area contributed by atoms with Crippen LogP contribution >= 0.6 is 0 Å². The Labute approximate surface area is 141 Å². The summed E-state index contributed by atoms with van der Waals surface area (Å²) in [6, 6.07) is 6.27. The van der Waals surface area contributed by atoms with Crippen molar-refractivity contribution in [3.05, 3.63) is 30.0 Å². The van der Waals surface area contributed by atoms with Gasteiger partial charge in [0.2, 0.25) is 6.79 Å². The summed E-state index contributed by atoms with van der Waals surface area (Å²) in [4.78, 5) is 2.46. The molecule has 1 atom stereocenters. The molecule has 24 heavy (non-hydrogen) atoms. The van der Waals surface area contributed by atoms with Gasteiger partial charge in [-0.25, -0.2) is 0 Å². The average molecular weight is 328 g/mol. The van der Waals surface area contributed by atoms with Crippen LogP contribution in [0.5, 0.6) is 11.5 Å². The van der Waals surface area contributed by atoms with E-state index in [0.717, 1.165) is 48.8 Å². The van der Waals surface area contributed by atoms with Crippen molar-refractivity contribution in [3.8, 4) is 22.8 Å². The molecule has 128 valence electrons. The Morgan fingerprint density at radius 1 is 1.33 bits per heavy atom. The molecule has 1 aromatic carbocycles. The van der Waals surface area contributed by atoms with Crippen LogP contribution in [-0.4, -0.2) is 41.0 Å². The third-order valence-electron chi connectivity index (χ3n) is 5.16. The zero-order chi connectivity index (χ0) is 16.7. The number of likely N-dealkylation sites (tertiary alicyclic amines) is 1. The number of nitrogens with two attached hydrogens (primary N) is 1. The smallest absolute Gasteiger partial charge is 0.231 e. The van der Waals surface area contributed by atoms with E-state index in [0.29, 0.717) is 0 Å². The second-order valence-corrected chi connectivity index (χ2v) is 7.43. The van der Waals surface area contributed by atoms with E-state index in [1.807, 2.05) is 24.4 Å². The minimum Gasteiger partial charge on any atom is -0.454 e. The van der Waals surface area contributed by atoms with E-state index in [-0.39, 0.29) is 18.2 Å². The molecule has 3 N–H and O–H groups in total. The van der Waals surface area contributed by atoms with Gasteiger partial charge in [0.15, 0.2) is 11.5 Å². The molecule has 1 saturated heterocycles. The molecule has 0 radical (unpaired) electrons. The molecule has 2 aliphatic heterocycles. The van der Waals surface area contributed by atoms with Gasteiger partial charge in [0.25, 0.3) is 0 Å². The normalized spacial score (nSPS) is 22.7. The van der Waals surface area contributed by atoms with E-state index in [1.54, 1.807) is 0 Å². The summed E-state index contributed by atoms with van der Waals surface area (Å²) in [6.07, 6.45) is 2.95. The second-order valence-electron chi connectivity index (χ2n) is 7.43. The monoisotopic (exact) mass is 328 g/mol. The van der Waals surface area contributed by atoms with Gasteiger partial charge >= 0.3 is 0 Å². The molecule has 0 spiro atoms. The number of rotatable bonds is 3.